The summed E-state index contributed by atoms with van der Waals surface area (Å²) >= 11 is 0. The van der Waals surface area contributed by atoms with Crippen molar-refractivity contribution >= 4 is 12.0 Å². The maximum absolute atomic E-state index is 11.5. The van der Waals surface area contributed by atoms with Gasteiger partial charge in [-0.05, 0) is 12.8 Å². The molecular formula is C9H16N2O4. The summed E-state index contributed by atoms with van der Waals surface area (Å²) in [6, 6.07) is -1.35. The van der Waals surface area contributed by atoms with Gasteiger partial charge in [0, 0.05) is 26.1 Å². The third kappa shape index (κ3) is 3.39. The highest BCUT2D eigenvalue weighted by molar-refractivity contribution is 5.82. The molecule has 1 aliphatic heterocycles. The molecule has 3 N–H and O–H groups in total. The van der Waals surface area contributed by atoms with E-state index in [9.17, 15) is 9.59 Å². The molecule has 1 aliphatic rings. The molecule has 0 bridgehead atoms. The second-order valence-electron chi connectivity index (χ2n) is 3.55. The number of hydrogen-bond acceptors (Lipinski definition) is 3. The molecule has 86 valence electrons. The molecule has 0 aliphatic carbocycles. The molecule has 0 spiro atoms. The number of nitrogens with one attached hydrogen (secondary N) is 1. The van der Waals surface area contributed by atoms with Crippen LogP contribution in [0.1, 0.15) is 19.3 Å². The zero-order valence-electron chi connectivity index (χ0n) is 8.48. The normalized spacial score (nSPS) is 17.5. The Balaban J connectivity index is 2.42. The van der Waals surface area contributed by atoms with Crippen molar-refractivity contribution in [2.24, 2.45) is 0 Å². The fourth-order valence-corrected chi connectivity index (χ4v) is 1.55. The van der Waals surface area contributed by atoms with Gasteiger partial charge in [0.05, 0.1) is 0 Å². The van der Waals surface area contributed by atoms with Gasteiger partial charge in [-0.15, -0.1) is 0 Å². The van der Waals surface area contributed by atoms with Crippen LogP contribution in [0, 0.1) is 0 Å². The van der Waals surface area contributed by atoms with Crippen LogP contribution in [-0.2, 0) is 4.79 Å². The number of aliphatic hydroxyl groups excluding tert-OH is 1. The first kappa shape index (κ1) is 11.8. The smallest absolute Gasteiger partial charge is 0.326 e. The summed E-state index contributed by atoms with van der Waals surface area (Å²) in [5, 5.41) is 19.8. The number of aliphatic carboxylic acids is 1. The van der Waals surface area contributed by atoms with Crippen LogP contribution in [0.2, 0.25) is 0 Å². The molecule has 15 heavy (non-hydrogen) atoms. The van der Waals surface area contributed by atoms with Gasteiger partial charge < -0.3 is 20.4 Å². The first-order chi connectivity index (χ1) is 7.15. The molecule has 1 atom stereocenters. The molecule has 1 heterocycles. The molecule has 6 heteroatoms. The third-order valence-electron chi connectivity index (χ3n) is 2.41. The molecular weight excluding hydrogens is 200 g/mol. The van der Waals surface area contributed by atoms with E-state index in [2.05, 4.69) is 5.32 Å². The van der Waals surface area contributed by atoms with Gasteiger partial charge in [0.2, 0.25) is 0 Å². The lowest BCUT2D eigenvalue weighted by Crippen LogP contribution is -2.47. The quantitative estimate of drug-likeness (QED) is 0.598. The molecule has 0 unspecified atom stereocenters. The van der Waals surface area contributed by atoms with Crippen molar-refractivity contribution in [1.82, 2.24) is 10.2 Å². The highest BCUT2D eigenvalue weighted by atomic mass is 16.4. The summed E-state index contributed by atoms with van der Waals surface area (Å²) in [4.78, 5) is 23.8. The number of nitrogens with zero attached hydrogens (tertiary/aromatic N) is 1. The van der Waals surface area contributed by atoms with E-state index in [0.29, 0.717) is 13.1 Å². The lowest BCUT2D eigenvalue weighted by atomic mass is 10.2. The van der Waals surface area contributed by atoms with Crippen LogP contribution < -0.4 is 5.32 Å². The fourth-order valence-electron chi connectivity index (χ4n) is 1.55. The van der Waals surface area contributed by atoms with Crippen LogP contribution in [0.25, 0.3) is 0 Å². The van der Waals surface area contributed by atoms with Crippen molar-refractivity contribution in [3.63, 3.8) is 0 Å². The summed E-state index contributed by atoms with van der Waals surface area (Å²) in [6.07, 6.45) is 1.96. The van der Waals surface area contributed by atoms with E-state index >= 15 is 0 Å². The number of carboxylic acid groups (broad SMARTS) is 1. The zero-order valence-corrected chi connectivity index (χ0v) is 8.48. The number of urea groups is 1. The van der Waals surface area contributed by atoms with Gasteiger partial charge in [-0.1, -0.05) is 0 Å². The second-order valence-corrected chi connectivity index (χ2v) is 3.55. The van der Waals surface area contributed by atoms with E-state index in [0.717, 1.165) is 12.8 Å². The summed E-state index contributed by atoms with van der Waals surface area (Å²) in [6.45, 7) is 1.10. The number of carboxylic acids is 1. The largest absolute Gasteiger partial charge is 0.480 e. The summed E-state index contributed by atoms with van der Waals surface area (Å²) in [7, 11) is 0. The lowest BCUT2D eigenvalue weighted by Gasteiger charge is -2.19. The van der Waals surface area contributed by atoms with E-state index < -0.39 is 12.0 Å². The van der Waals surface area contributed by atoms with Crippen LogP contribution in [0.15, 0.2) is 0 Å². The minimum Gasteiger partial charge on any atom is -0.480 e. The number of rotatable bonds is 4. The second kappa shape index (κ2) is 5.55. The average Bonchev–Trinajstić information content (AvgIpc) is 2.69. The molecule has 1 fully saturated rings. The Bertz CT molecular complexity index is 238. The number of likely N-dealkylation sites (tertiary alicyclic amines) is 1. The number of carbonyl (C=O) groups is 2. The Labute approximate surface area is 87.9 Å². The van der Waals surface area contributed by atoms with E-state index in [1.165, 1.54) is 0 Å². The van der Waals surface area contributed by atoms with Crippen molar-refractivity contribution in [1.29, 1.82) is 0 Å². The third-order valence-corrected chi connectivity index (χ3v) is 2.41. The summed E-state index contributed by atoms with van der Waals surface area (Å²) in [5.41, 5.74) is 0. The van der Waals surface area contributed by atoms with E-state index in [4.69, 9.17) is 10.2 Å². The molecule has 1 rings (SSSR count). The fraction of sp³-hybridized carbons (Fsp3) is 0.778. The Hall–Kier alpha value is -1.30. The average molecular weight is 216 g/mol. The Kier molecular flexibility index (Phi) is 4.36. The van der Waals surface area contributed by atoms with Crippen molar-refractivity contribution in [2.45, 2.75) is 25.3 Å². The number of aliphatic hydroxyl groups is 1. The van der Waals surface area contributed by atoms with Crippen molar-refractivity contribution < 1.29 is 19.8 Å². The molecule has 0 aromatic carbocycles. The van der Waals surface area contributed by atoms with E-state index in [-0.39, 0.29) is 19.1 Å². The lowest BCUT2D eigenvalue weighted by molar-refractivity contribution is -0.139. The van der Waals surface area contributed by atoms with Gasteiger partial charge in [-0.3, -0.25) is 0 Å². The SMILES string of the molecule is O=C(O)[C@H](CCO)NC(=O)N1CCCC1. The van der Waals surface area contributed by atoms with Gasteiger partial charge >= 0.3 is 12.0 Å². The molecule has 0 radical (unpaired) electrons. The molecule has 1 saturated heterocycles. The van der Waals surface area contributed by atoms with E-state index in [1.807, 2.05) is 0 Å². The van der Waals surface area contributed by atoms with Gasteiger partial charge in [0.1, 0.15) is 6.04 Å². The van der Waals surface area contributed by atoms with Gasteiger partial charge in [0.15, 0.2) is 0 Å². The highest BCUT2D eigenvalue weighted by Crippen LogP contribution is 2.07. The number of hydrogen-bond donors (Lipinski definition) is 3. The Morgan fingerprint density at radius 1 is 1.33 bits per heavy atom. The first-order valence-corrected chi connectivity index (χ1v) is 5.04. The molecule has 2 amide bonds. The monoisotopic (exact) mass is 216 g/mol. The Morgan fingerprint density at radius 2 is 1.93 bits per heavy atom. The van der Waals surface area contributed by atoms with Crippen LogP contribution in [0.5, 0.6) is 0 Å². The highest BCUT2D eigenvalue weighted by Gasteiger charge is 2.24. The minimum atomic E-state index is -1.11. The molecule has 0 aromatic heterocycles. The number of carbonyl (C=O) groups excluding carboxylic acids is 1. The number of amides is 2. The predicted octanol–water partition coefficient (Wildman–Crippen LogP) is -0.373. The van der Waals surface area contributed by atoms with Crippen LogP contribution in [0.4, 0.5) is 4.79 Å². The maximum Gasteiger partial charge on any atom is 0.326 e. The van der Waals surface area contributed by atoms with Crippen molar-refractivity contribution in [3.8, 4) is 0 Å². The molecule has 0 aromatic rings. The van der Waals surface area contributed by atoms with Crippen LogP contribution in [0.3, 0.4) is 0 Å². The van der Waals surface area contributed by atoms with Crippen LogP contribution >= 0.6 is 0 Å². The predicted molar refractivity (Wildman–Crippen MR) is 52.5 cm³/mol. The Morgan fingerprint density at radius 3 is 2.40 bits per heavy atom. The molecule has 0 saturated carbocycles. The van der Waals surface area contributed by atoms with Crippen molar-refractivity contribution in [2.75, 3.05) is 19.7 Å². The zero-order chi connectivity index (χ0) is 11.3. The summed E-state index contributed by atoms with van der Waals surface area (Å²) < 4.78 is 0. The topological polar surface area (TPSA) is 89.9 Å². The first-order valence-electron chi connectivity index (χ1n) is 5.04. The van der Waals surface area contributed by atoms with Gasteiger partial charge in [-0.2, -0.15) is 0 Å². The van der Waals surface area contributed by atoms with Gasteiger partial charge in [0.25, 0.3) is 0 Å². The van der Waals surface area contributed by atoms with E-state index in [1.54, 1.807) is 4.90 Å². The van der Waals surface area contributed by atoms with Crippen LogP contribution in [-0.4, -0.2) is 52.9 Å². The minimum absolute atomic E-state index is 0.0366. The van der Waals surface area contributed by atoms with Gasteiger partial charge in [-0.25, -0.2) is 9.59 Å². The standard InChI is InChI=1S/C9H16N2O4/c12-6-3-7(8(13)14)10-9(15)11-4-1-2-5-11/h7,12H,1-6H2,(H,10,15)(H,13,14)/t7-/m0/s1. The molecule has 6 nitrogen and oxygen atoms in total. The summed E-state index contributed by atoms with van der Waals surface area (Å²) in [5.74, 6) is -1.11. The van der Waals surface area contributed by atoms with Crippen molar-refractivity contribution in [3.05, 3.63) is 0 Å². The maximum atomic E-state index is 11.5.